The molecule has 0 atom stereocenters. The van der Waals surface area contributed by atoms with Crippen molar-refractivity contribution in [1.29, 1.82) is 0 Å². The lowest BCUT2D eigenvalue weighted by Crippen LogP contribution is -2.24. The zero-order valence-electron chi connectivity index (χ0n) is 28.5. The number of amides is 4. The monoisotopic (exact) mass is 750 g/mol. The predicted octanol–water partition coefficient (Wildman–Crippen LogP) is 6.57. The van der Waals surface area contributed by atoms with Crippen LogP contribution in [0.25, 0.3) is 34.2 Å². The number of aromatic hydroxyl groups is 1. The number of ether oxygens (including phenoxy) is 1. The normalized spacial score (nSPS) is 20.2. The van der Waals surface area contributed by atoms with Crippen molar-refractivity contribution in [2.75, 3.05) is 7.11 Å². The highest BCUT2D eigenvalue weighted by atomic mass is 32.2. The molecule has 2 aliphatic heterocycles. The number of phenols is 1. The number of aromatic nitrogens is 4. The van der Waals surface area contributed by atoms with E-state index in [1.165, 1.54) is 7.11 Å². The maximum absolute atomic E-state index is 11.8. The Morgan fingerprint density at radius 3 is 1.94 bits per heavy atom. The molecular weight excluding hydrogens is 717 g/mol. The standard InChI is InChI=1S/C19H19N3O4S.C19H15N3O3S/c1-26-18(24)12-3-5-13(6-4-12)22-10-20-14-7-2-11(8-15(14)22)9-16-17(23)21-19(25)27-16;23-14-4-1-12(2-5-14)7-8-22-11-20-15-6-3-13(9-16(15)22)10-17-18(24)21-19(25)26-17/h2,7-10,12-13H,3-6H2,1H3,(H,21,23,25);1-6,9-11,23H,7-8H2,(H,21,24,25). The summed E-state index contributed by atoms with van der Waals surface area (Å²) in [5, 5.41) is 13.2. The van der Waals surface area contributed by atoms with E-state index in [0.29, 0.717) is 9.81 Å². The van der Waals surface area contributed by atoms with Crippen molar-refractivity contribution in [1.82, 2.24) is 29.7 Å². The van der Waals surface area contributed by atoms with Gasteiger partial charge < -0.3 is 19.0 Å². The Morgan fingerprint density at radius 1 is 0.811 bits per heavy atom. The Kier molecular flexibility index (Phi) is 10.5. The van der Waals surface area contributed by atoms with E-state index in [4.69, 9.17) is 4.74 Å². The summed E-state index contributed by atoms with van der Waals surface area (Å²) in [5.74, 6) is -0.607. The summed E-state index contributed by atoms with van der Waals surface area (Å²) >= 11 is 1.82. The number of aryl methyl sites for hydroxylation is 2. The number of imidazole rings is 2. The van der Waals surface area contributed by atoms with Gasteiger partial charge in [0.1, 0.15) is 5.75 Å². The van der Waals surface area contributed by atoms with Crippen LogP contribution in [0, 0.1) is 5.92 Å². The quantitative estimate of drug-likeness (QED) is 0.121. The second-order valence-corrected chi connectivity index (χ2v) is 14.8. The van der Waals surface area contributed by atoms with E-state index in [-0.39, 0.29) is 46.0 Å². The Labute approximate surface area is 311 Å². The summed E-state index contributed by atoms with van der Waals surface area (Å²) in [5.41, 5.74) is 6.52. The smallest absolute Gasteiger partial charge is 0.308 e. The third kappa shape index (κ3) is 8.21. The van der Waals surface area contributed by atoms with E-state index in [1.807, 2.05) is 54.9 Å². The molecule has 13 nitrogen and oxygen atoms in total. The van der Waals surface area contributed by atoms with Gasteiger partial charge in [-0.3, -0.25) is 34.6 Å². The minimum atomic E-state index is -0.361. The summed E-state index contributed by atoms with van der Waals surface area (Å²) in [6, 6.07) is 19.0. The number of methoxy groups -OCH3 is 1. The minimum absolute atomic E-state index is 0.0169. The van der Waals surface area contributed by atoms with Crippen LogP contribution < -0.4 is 10.6 Å². The highest BCUT2D eigenvalue weighted by Gasteiger charge is 2.29. The van der Waals surface area contributed by atoms with Gasteiger partial charge in [-0.1, -0.05) is 24.3 Å². The number of carbonyl (C=O) groups is 5. The molecule has 0 spiro atoms. The molecule has 4 heterocycles. The van der Waals surface area contributed by atoms with Gasteiger partial charge in [0.05, 0.1) is 57.6 Å². The molecule has 2 aromatic heterocycles. The Bertz CT molecular complexity index is 2320. The number of hydrogen-bond donors (Lipinski definition) is 3. The number of nitrogens with one attached hydrogen (secondary N) is 2. The number of nitrogens with zero attached hydrogens (tertiary/aromatic N) is 4. The molecule has 8 rings (SSSR count). The lowest BCUT2D eigenvalue weighted by Gasteiger charge is -2.28. The maximum Gasteiger partial charge on any atom is 0.308 e. The highest BCUT2D eigenvalue weighted by Crippen LogP contribution is 2.35. The van der Waals surface area contributed by atoms with Gasteiger partial charge in [0.2, 0.25) is 0 Å². The molecule has 1 saturated carbocycles. The van der Waals surface area contributed by atoms with Gasteiger partial charge >= 0.3 is 5.97 Å². The van der Waals surface area contributed by atoms with E-state index < -0.39 is 0 Å². The van der Waals surface area contributed by atoms with Crippen molar-refractivity contribution >= 4 is 86.0 Å². The van der Waals surface area contributed by atoms with E-state index in [1.54, 1.807) is 30.6 Å². The van der Waals surface area contributed by atoms with Crippen molar-refractivity contribution in [2.45, 2.75) is 44.7 Å². The summed E-state index contributed by atoms with van der Waals surface area (Å²) in [6.07, 6.45) is 11.3. The van der Waals surface area contributed by atoms with Crippen LogP contribution in [0.15, 0.2) is 83.1 Å². The number of esters is 1. The second kappa shape index (κ2) is 15.5. The Balaban J connectivity index is 0.000000164. The number of hydrogen-bond acceptors (Lipinski definition) is 11. The van der Waals surface area contributed by atoms with Crippen LogP contribution in [0.4, 0.5) is 9.59 Å². The van der Waals surface area contributed by atoms with Crippen molar-refractivity contribution in [3.63, 3.8) is 0 Å². The van der Waals surface area contributed by atoms with Crippen LogP contribution in [0.3, 0.4) is 0 Å². The first-order valence-electron chi connectivity index (χ1n) is 16.9. The second-order valence-electron chi connectivity index (χ2n) is 12.7. The van der Waals surface area contributed by atoms with Gasteiger partial charge in [0.25, 0.3) is 22.3 Å². The third-order valence-corrected chi connectivity index (χ3v) is 10.9. The molecule has 0 unspecified atom stereocenters. The zero-order valence-corrected chi connectivity index (χ0v) is 30.1. The molecule has 1 aliphatic carbocycles. The molecule has 5 aromatic rings. The number of phenolic OH excluding ortho intramolecular Hbond substituents is 1. The molecule has 3 N–H and O–H groups in total. The van der Waals surface area contributed by atoms with Crippen molar-refractivity contribution in [3.05, 3.63) is 99.8 Å². The minimum Gasteiger partial charge on any atom is -0.508 e. The van der Waals surface area contributed by atoms with Crippen molar-refractivity contribution < 1.29 is 33.8 Å². The van der Waals surface area contributed by atoms with E-state index in [2.05, 4.69) is 29.7 Å². The molecule has 4 amide bonds. The summed E-state index contributed by atoms with van der Waals surface area (Å²) in [7, 11) is 1.43. The number of thioether (sulfide) groups is 2. The third-order valence-electron chi connectivity index (χ3n) is 9.33. The van der Waals surface area contributed by atoms with Gasteiger partial charge in [0, 0.05) is 12.6 Å². The molecule has 3 fully saturated rings. The average molecular weight is 751 g/mol. The molecule has 0 radical (unpaired) electrons. The molecule has 3 aliphatic rings. The summed E-state index contributed by atoms with van der Waals surface area (Å²) in [6.45, 7) is 0.745. The van der Waals surface area contributed by atoms with Crippen LogP contribution in [-0.2, 0) is 32.1 Å². The first kappa shape index (κ1) is 35.7. The van der Waals surface area contributed by atoms with Crippen LogP contribution in [-0.4, -0.2) is 59.6 Å². The summed E-state index contributed by atoms with van der Waals surface area (Å²) in [4.78, 5) is 67.4. The molecule has 2 saturated heterocycles. The lowest BCUT2D eigenvalue weighted by atomic mass is 9.86. The number of benzene rings is 3. The Morgan fingerprint density at radius 2 is 1.38 bits per heavy atom. The zero-order chi connectivity index (χ0) is 37.1. The SMILES string of the molecule is COC(=O)C1CCC(n2cnc3ccc(C=C4SC(=O)NC4=O)cc32)CC1.O=C1NC(=O)C(=Cc2ccc3ncn(CCc4ccc(O)cc4)c3c2)S1. The summed E-state index contributed by atoms with van der Waals surface area (Å²) < 4.78 is 9.06. The molecule has 15 heteroatoms. The molecule has 53 heavy (non-hydrogen) atoms. The lowest BCUT2D eigenvalue weighted by molar-refractivity contribution is -0.146. The van der Waals surface area contributed by atoms with Crippen LogP contribution in [0.5, 0.6) is 5.75 Å². The van der Waals surface area contributed by atoms with E-state index in [9.17, 15) is 29.1 Å². The fraction of sp³-hybridized carbons (Fsp3) is 0.237. The van der Waals surface area contributed by atoms with Gasteiger partial charge in [0.15, 0.2) is 0 Å². The topological polar surface area (TPSA) is 175 Å². The van der Waals surface area contributed by atoms with Crippen LogP contribution in [0.2, 0.25) is 0 Å². The Hall–Kier alpha value is -5.67. The largest absolute Gasteiger partial charge is 0.508 e. The number of rotatable bonds is 7. The first-order valence-corrected chi connectivity index (χ1v) is 18.5. The fourth-order valence-corrected chi connectivity index (χ4v) is 7.94. The highest BCUT2D eigenvalue weighted by molar-refractivity contribution is 8.18. The fourth-order valence-electron chi connectivity index (χ4n) is 6.58. The number of carbonyl (C=O) groups excluding carboxylic acids is 5. The molecular formula is C38H34N6O7S2. The number of imide groups is 2. The maximum atomic E-state index is 11.8. The van der Waals surface area contributed by atoms with Crippen LogP contribution in [0.1, 0.15) is 48.4 Å². The van der Waals surface area contributed by atoms with Crippen LogP contribution >= 0.6 is 23.5 Å². The van der Waals surface area contributed by atoms with Gasteiger partial charge in [-0.15, -0.1) is 0 Å². The average Bonchev–Trinajstić information content (AvgIpc) is 3.93. The van der Waals surface area contributed by atoms with Gasteiger partial charge in [-0.25, -0.2) is 9.97 Å². The van der Waals surface area contributed by atoms with E-state index in [0.717, 1.165) is 101 Å². The molecule has 270 valence electrons. The van der Waals surface area contributed by atoms with E-state index >= 15 is 0 Å². The molecule has 3 aromatic carbocycles. The van der Waals surface area contributed by atoms with Crippen molar-refractivity contribution in [3.8, 4) is 5.75 Å². The number of fused-ring (bicyclic) bond motifs is 2. The first-order chi connectivity index (χ1) is 25.6. The van der Waals surface area contributed by atoms with Gasteiger partial charge in [-0.05, 0) is 121 Å². The van der Waals surface area contributed by atoms with Gasteiger partial charge in [-0.2, -0.15) is 0 Å². The molecule has 0 bridgehead atoms. The van der Waals surface area contributed by atoms with Crippen molar-refractivity contribution in [2.24, 2.45) is 5.92 Å². The predicted molar refractivity (Wildman–Crippen MR) is 203 cm³/mol.